The topological polar surface area (TPSA) is 290 Å². The number of aliphatic hydroxyl groups excluding tert-OH is 5. The maximum absolute atomic E-state index is 12.9. The molecule has 0 bridgehead atoms. The molecule has 4 heterocycles. The van der Waals surface area contributed by atoms with Gasteiger partial charge in [-0.25, -0.2) is 9.59 Å². The van der Waals surface area contributed by atoms with Gasteiger partial charge in [-0.05, 0) is 78.6 Å². The molecule has 0 amide bonds. The number of aromatic hydroxyl groups is 1. The summed E-state index contributed by atoms with van der Waals surface area (Å²) in [5.41, 5.74) is -0.820. The fourth-order valence-corrected chi connectivity index (χ4v) is 8.54. The number of nitrogens with zero attached hydrogens (tertiary/aromatic N) is 2. The predicted molar refractivity (Wildman–Crippen MR) is 271 cm³/mol. The third-order valence-corrected chi connectivity index (χ3v) is 12.1. The number of hydrogen-bond acceptors (Lipinski definition) is 21. The summed E-state index contributed by atoms with van der Waals surface area (Å²) in [5.74, 6) is 0.913. The molecule has 2 saturated heterocycles. The van der Waals surface area contributed by atoms with E-state index in [2.05, 4.69) is 36.6 Å². The highest BCUT2D eigenvalue weighted by molar-refractivity contribution is 6.06. The highest BCUT2D eigenvalue weighted by Crippen LogP contribution is 2.40. The number of oxime groups is 2. The van der Waals surface area contributed by atoms with Gasteiger partial charge in [0, 0.05) is 25.3 Å². The Balaban J connectivity index is 0.000000264. The average Bonchev–Trinajstić information content (AvgIpc) is 3.34. The van der Waals surface area contributed by atoms with Crippen molar-refractivity contribution in [1.29, 1.82) is 0 Å². The normalized spacial score (nSPS) is 26.1. The molecular weight excluding hydrogens is 957 g/mol. The Morgan fingerprint density at radius 3 is 1.52 bits per heavy atom. The zero-order valence-corrected chi connectivity index (χ0v) is 42.8. The molecule has 2 aromatic carbocycles. The molecule has 73 heavy (non-hydrogen) atoms. The molecule has 0 aliphatic carbocycles. The number of benzene rings is 2. The molecule has 400 valence electrons. The number of rotatable bonds is 18. The third-order valence-electron chi connectivity index (χ3n) is 12.1. The first kappa shape index (κ1) is 59.2. The Morgan fingerprint density at radius 1 is 0.644 bits per heavy atom. The molecule has 2 aliphatic rings. The van der Waals surface area contributed by atoms with Crippen LogP contribution < -0.4 is 25.5 Å². The van der Waals surface area contributed by atoms with Gasteiger partial charge in [-0.2, -0.15) is 0 Å². The molecule has 6 rings (SSSR count). The second kappa shape index (κ2) is 26.0. The minimum absolute atomic E-state index is 0.0420. The second-order valence-electron chi connectivity index (χ2n) is 17.3. The Labute approximate surface area is 422 Å². The van der Waals surface area contributed by atoms with Crippen molar-refractivity contribution >= 4 is 33.4 Å². The maximum atomic E-state index is 12.9. The first-order valence-corrected chi connectivity index (χ1v) is 22.8. The van der Waals surface area contributed by atoms with Crippen molar-refractivity contribution in [3.63, 3.8) is 0 Å². The molecule has 6 N–H and O–H groups in total. The molecule has 2 unspecified atom stereocenters. The Kier molecular flexibility index (Phi) is 21.1. The van der Waals surface area contributed by atoms with Crippen LogP contribution in [0.2, 0.25) is 0 Å². The minimum Gasteiger partial charge on any atom is -0.508 e. The van der Waals surface area contributed by atoms with E-state index in [4.69, 9.17) is 51.7 Å². The van der Waals surface area contributed by atoms with Gasteiger partial charge in [0.25, 0.3) is 0 Å². The molecule has 21 nitrogen and oxygen atoms in total. The summed E-state index contributed by atoms with van der Waals surface area (Å²) < 4.78 is 50.3. The average molecular weight is 1030 g/mol. The van der Waals surface area contributed by atoms with Gasteiger partial charge in [-0.3, -0.25) is 0 Å². The number of aliphatic hydroxyl groups is 5. The van der Waals surface area contributed by atoms with Crippen LogP contribution in [0.4, 0.5) is 0 Å². The summed E-state index contributed by atoms with van der Waals surface area (Å²) in [5, 5.41) is 68.4. The number of fused-ring (bicyclic) bond motifs is 2. The molecule has 2 fully saturated rings. The predicted octanol–water partition coefficient (Wildman–Crippen LogP) is 4.99. The van der Waals surface area contributed by atoms with Crippen molar-refractivity contribution in [1.82, 2.24) is 0 Å². The zero-order valence-electron chi connectivity index (χ0n) is 42.8. The van der Waals surface area contributed by atoms with Crippen molar-refractivity contribution in [3.05, 3.63) is 118 Å². The van der Waals surface area contributed by atoms with Crippen LogP contribution in [-0.4, -0.2) is 144 Å². The number of hydrogen-bond donors (Lipinski definition) is 6. The van der Waals surface area contributed by atoms with Crippen molar-refractivity contribution in [2.24, 2.45) is 10.3 Å². The summed E-state index contributed by atoms with van der Waals surface area (Å²) in [4.78, 5) is 34.8. The molecule has 21 heteroatoms. The molecule has 10 atom stereocenters. The van der Waals surface area contributed by atoms with E-state index in [0.29, 0.717) is 46.2 Å². The van der Waals surface area contributed by atoms with Gasteiger partial charge in [0.1, 0.15) is 121 Å². The van der Waals surface area contributed by atoms with Gasteiger partial charge in [0.05, 0.1) is 22.2 Å². The summed E-state index contributed by atoms with van der Waals surface area (Å²) in [6.07, 6.45) is -2.22. The Hall–Kier alpha value is -6.40. The van der Waals surface area contributed by atoms with E-state index in [1.165, 1.54) is 34.5 Å². The van der Waals surface area contributed by atoms with Gasteiger partial charge < -0.3 is 82.3 Å². The maximum Gasteiger partial charge on any atom is 0.349 e. The molecule has 4 aromatic rings. The monoisotopic (exact) mass is 1020 g/mol. The van der Waals surface area contributed by atoms with E-state index in [1.807, 2.05) is 0 Å². The van der Waals surface area contributed by atoms with Crippen molar-refractivity contribution < 1.29 is 82.3 Å². The standard InChI is InChI=1S/C26H33NO9.C16H17NO5.C10H18O5/c1-8-12-26(5)23(31-6)19(28)20(29)25(36-26)34-17-11-10-16-21(14(17)3)35-24(30)18(15(4)27-32-7)22(16)33-13-9-2;1-5-8-21-15-11-6-7-12(18)9(2)14(11)22-16(19)13(15)10(3)17-20-4;1-4-5-10(2)8(14-3)6(11)7(12)9(13)15-10/h8-11,19-20,23,25,28-29H,1-2,12-13H2,3-7H3;5-7,18H,1,8H2,2-4H3;4,6-9,11-13H,1,5H2,2-3H3/t19-,20+,23+,25?,26-;;6-,7+,8+,9?,10-/m0.0/s1. The lowest BCUT2D eigenvalue weighted by Crippen LogP contribution is -2.64. The summed E-state index contributed by atoms with van der Waals surface area (Å²) in [6, 6.07) is 6.45. The van der Waals surface area contributed by atoms with Crippen LogP contribution in [0.5, 0.6) is 23.0 Å². The van der Waals surface area contributed by atoms with Crippen LogP contribution >= 0.6 is 0 Å². The lowest BCUT2D eigenvalue weighted by molar-refractivity contribution is -0.318. The van der Waals surface area contributed by atoms with Gasteiger partial charge in [-0.15, -0.1) is 13.2 Å². The van der Waals surface area contributed by atoms with E-state index in [0.717, 1.165) is 0 Å². The fourth-order valence-electron chi connectivity index (χ4n) is 8.54. The highest BCUT2D eigenvalue weighted by Gasteiger charge is 2.53. The van der Waals surface area contributed by atoms with E-state index in [1.54, 1.807) is 84.0 Å². The smallest absolute Gasteiger partial charge is 0.349 e. The first-order chi connectivity index (χ1) is 34.6. The minimum atomic E-state index is -1.41. The summed E-state index contributed by atoms with van der Waals surface area (Å²) in [7, 11) is 5.61. The number of ether oxygens (including phenoxy) is 7. The lowest BCUT2D eigenvalue weighted by atomic mass is 9.85. The fraction of sp³-hybridized carbons (Fsp3) is 0.462. The molecule has 0 radical (unpaired) electrons. The number of phenols is 1. The molecule has 0 saturated carbocycles. The van der Waals surface area contributed by atoms with Crippen LogP contribution in [-0.2, 0) is 28.6 Å². The molecule has 2 aliphatic heterocycles. The van der Waals surface area contributed by atoms with E-state index >= 15 is 0 Å². The Morgan fingerprint density at radius 2 is 1.08 bits per heavy atom. The molecule has 2 aromatic heterocycles. The molecule has 0 spiro atoms. The van der Waals surface area contributed by atoms with E-state index in [9.17, 15) is 40.2 Å². The highest BCUT2D eigenvalue weighted by atomic mass is 16.7. The summed E-state index contributed by atoms with van der Waals surface area (Å²) in [6.45, 7) is 25.0. The number of methoxy groups -OCH3 is 2. The second-order valence-corrected chi connectivity index (χ2v) is 17.3. The zero-order chi connectivity index (χ0) is 54.5. The van der Waals surface area contributed by atoms with E-state index < -0.39 is 71.7 Å². The van der Waals surface area contributed by atoms with Crippen LogP contribution in [0, 0.1) is 13.8 Å². The van der Waals surface area contributed by atoms with Gasteiger partial charge in [0.2, 0.25) is 6.29 Å². The van der Waals surface area contributed by atoms with Crippen LogP contribution in [0.25, 0.3) is 21.9 Å². The van der Waals surface area contributed by atoms with Crippen molar-refractivity contribution in [3.8, 4) is 23.0 Å². The van der Waals surface area contributed by atoms with Crippen LogP contribution in [0.3, 0.4) is 0 Å². The van der Waals surface area contributed by atoms with Crippen molar-refractivity contribution in [2.75, 3.05) is 41.7 Å². The van der Waals surface area contributed by atoms with Gasteiger partial charge in [-0.1, -0.05) is 47.8 Å². The van der Waals surface area contributed by atoms with Gasteiger partial charge >= 0.3 is 11.3 Å². The van der Waals surface area contributed by atoms with Crippen LogP contribution in [0.15, 0.2) is 104 Å². The van der Waals surface area contributed by atoms with Gasteiger partial charge in [0.15, 0.2) is 6.29 Å². The van der Waals surface area contributed by atoms with E-state index in [-0.39, 0.29) is 58.5 Å². The Bertz CT molecular complexity index is 2770. The SMILES string of the molecule is C=CCOc1c(C(C)=NOC)c(=O)oc2c(C)c(O)ccc12.C=CCOc1c(C(C)=NOC)c(=O)oc2c(C)c(OC3O[C@@](C)(CC=C)[C@H](OC)[C@@H](O)[C@H]3O)ccc12.C=CC[C@]1(C)OC(O)[C@H](O)[C@H](O)[C@H]1OC. The van der Waals surface area contributed by atoms with Crippen LogP contribution in [0.1, 0.15) is 62.8 Å². The third kappa shape index (κ3) is 12.9. The lowest BCUT2D eigenvalue weighted by Gasteiger charge is -2.48. The van der Waals surface area contributed by atoms with Crippen molar-refractivity contribution in [2.45, 2.75) is 115 Å². The quantitative estimate of drug-likeness (QED) is 0.0331. The summed E-state index contributed by atoms with van der Waals surface area (Å²) >= 11 is 0. The largest absolute Gasteiger partial charge is 0.508 e. The molecular formula is C52H68N2O19. The number of phenolic OH excluding ortho intramolecular Hbond substituents is 1. The first-order valence-electron chi connectivity index (χ1n) is 22.8. The number of aryl methyl sites for hydroxylation is 2.